The van der Waals surface area contributed by atoms with Crippen LogP contribution >= 0.6 is 0 Å². The molecule has 1 saturated heterocycles. The van der Waals surface area contributed by atoms with Gasteiger partial charge in [0.15, 0.2) is 0 Å². The molecule has 4 heteroatoms. The van der Waals surface area contributed by atoms with E-state index in [4.69, 9.17) is 5.11 Å². The van der Waals surface area contributed by atoms with E-state index in [-0.39, 0.29) is 36.2 Å². The molecule has 0 saturated carbocycles. The quantitative estimate of drug-likeness (QED) is 0.592. The molecule has 1 aliphatic heterocycles. The molecular formula is C14H21NO3. The fraction of sp³-hybridized carbons (Fsp3) is 0.714. The Labute approximate surface area is 108 Å². The van der Waals surface area contributed by atoms with Gasteiger partial charge in [0.1, 0.15) is 0 Å². The van der Waals surface area contributed by atoms with Gasteiger partial charge in [0.25, 0.3) is 0 Å². The fourth-order valence-corrected chi connectivity index (χ4v) is 2.78. The molecule has 1 N–H and O–H groups in total. The predicted octanol–water partition coefficient (Wildman–Crippen LogP) is 1.35. The molecule has 4 nitrogen and oxygen atoms in total. The normalized spacial score (nSPS) is 28.7. The highest BCUT2D eigenvalue weighted by Crippen LogP contribution is 2.35. The molecule has 0 aromatic rings. The Hall–Kier alpha value is -1.16. The Balaban J connectivity index is 1.90. The summed E-state index contributed by atoms with van der Waals surface area (Å²) in [6.07, 6.45) is 7.05. The van der Waals surface area contributed by atoms with E-state index in [1.165, 1.54) is 4.90 Å². The maximum Gasteiger partial charge on any atom is 0.233 e. The van der Waals surface area contributed by atoms with Gasteiger partial charge in [-0.1, -0.05) is 19.1 Å². The molecule has 1 fully saturated rings. The molecule has 100 valence electrons. The number of aliphatic hydroxyl groups is 1. The lowest BCUT2D eigenvalue weighted by Crippen LogP contribution is -2.32. The molecule has 0 spiro atoms. The Morgan fingerprint density at radius 3 is 2.33 bits per heavy atom. The van der Waals surface area contributed by atoms with E-state index in [0.29, 0.717) is 19.4 Å². The molecule has 0 radical (unpaired) electrons. The lowest BCUT2D eigenvalue weighted by Gasteiger charge is -2.15. The van der Waals surface area contributed by atoms with Crippen LogP contribution in [-0.2, 0) is 9.59 Å². The number of likely N-dealkylation sites (tertiary alicyclic amines) is 1. The second-order valence-electron chi connectivity index (χ2n) is 5.41. The van der Waals surface area contributed by atoms with Crippen molar-refractivity contribution in [2.45, 2.75) is 32.6 Å². The average Bonchev–Trinajstić information content (AvgIpc) is 2.64. The van der Waals surface area contributed by atoms with Crippen molar-refractivity contribution in [3.8, 4) is 0 Å². The maximum atomic E-state index is 12.1. The van der Waals surface area contributed by atoms with Crippen LogP contribution in [0.2, 0.25) is 0 Å². The van der Waals surface area contributed by atoms with Crippen molar-refractivity contribution in [1.29, 1.82) is 0 Å². The van der Waals surface area contributed by atoms with E-state index in [1.807, 2.05) is 19.1 Å². The number of hydrogen-bond donors (Lipinski definition) is 1. The highest BCUT2D eigenvalue weighted by molar-refractivity contribution is 6.05. The van der Waals surface area contributed by atoms with Gasteiger partial charge in [0.2, 0.25) is 11.8 Å². The molecule has 1 aliphatic carbocycles. The smallest absolute Gasteiger partial charge is 0.233 e. The summed E-state index contributed by atoms with van der Waals surface area (Å²) in [5.41, 5.74) is 0. The lowest BCUT2D eigenvalue weighted by atomic mass is 9.85. The van der Waals surface area contributed by atoms with E-state index in [9.17, 15) is 9.59 Å². The number of allylic oxidation sites excluding steroid dienone is 2. The van der Waals surface area contributed by atoms with E-state index in [2.05, 4.69) is 0 Å². The third-order valence-electron chi connectivity index (χ3n) is 3.99. The van der Waals surface area contributed by atoms with Crippen molar-refractivity contribution in [2.75, 3.05) is 13.2 Å². The summed E-state index contributed by atoms with van der Waals surface area (Å²) in [7, 11) is 0. The fourth-order valence-electron chi connectivity index (χ4n) is 2.78. The van der Waals surface area contributed by atoms with Gasteiger partial charge in [-0.15, -0.1) is 0 Å². The number of hydrogen-bond acceptors (Lipinski definition) is 3. The predicted molar refractivity (Wildman–Crippen MR) is 67.6 cm³/mol. The molecule has 0 aromatic carbocycles. The van der Waals surface area contributed by atoms with Gasteiger partial charge in [-0.3, -0.25) is 14.5 Å². The zero-order chi connectivity index (χ0) is 13.1. The molecule has 2 aliphatic rings. The van der Waals surface area contributed by atoms with Gasteiger partial charge in [0.05, 0.1) is 11.8 Å². The van der Waals surface area contributed by atoms with Gasteiger partial charge in [-0.25, -0.2) is 0 Å². The van der Waals surface area contributed by atoms with E-state index in [1.54, 1.807) is 0 Å². The molecule has 18 heavy (non-hydrogen) atoms. The second kappa shape index (κ2) is 5.65. The SMILES string of the molecule is CC(CO)CCCN1C(=O)[C@H]2CC=CC[C@H]2C1=O. The maximum absolute atomic E-state index is 12.1. The largest absolute Gasteiger partial charge is 0.396 e. The minimum atomic E-state index is -0.113. The summed E-state index contributed by atoms with van der Waals surface area (Å²) in [6.45, 7) is 2.64. The van der Waals surface area contributed by atoms with Gasteiger partial charge >= 0.3 is 0 Å². The van der Waals surface area contributed by atoms with Crippen LogP contribution in [0.25, 0.3) is 0 Å². The topological polar surface area (TPSA) is 57.6 Å². The Morgan fingerprint density at radius 1 is 1.28 bits per heavy atom. The third kappa shape index (κ3) is 2.48. The summed E-state index contributed by atoms with van der Waals surface area (Å²) in [5.74, 6) is 0.0225. The Kier molecular flexibility index (Phi) is 4.17. The van der Waals surface area contributed by atoms with Gasteiger partial charge in [0, 0.05) is 13.2 Å². The summed E-state index contributed by atoms with van der Waals surface area (Å²) < 4.78 is 0. The third-order valence-corrected chi connectivity index (χ3v) is 3.99. The average molecular weight is 251 g/mol. The second-order valence-corrected chi connectivity index (χ2v) is 5.41. The van der Waals surface area contributed by atoms with Crippen LogP contribution in [0.1, 0.15) is 32.6 Å². The zero-order valence-corrected chi connectivity index (χ0v) is 10.8. The van der Waals surface area contributed by atoms with Crippen LogP contribution in [0.5, 0.6) is 0 Å². The summed E-state index contributed by atoms with van der Waals surface area (Å²) in [5, 5.41) is 8.94. The first kappa shape index (κ1) is 13.3. The van der Waals surface area contributed by atoms with Crippen LogP contribution in [0, 0.1) is 17.8 Å². The monoisotopic (exact) mass is 251 g/mol. The zero-order valence-electron chi connectivity index (χ0n) is 10.8. The minimum Gasteiger partial charge on any atom is -0.396 e. The number of rotatable bonds is 5. The van der Waals surface area contributed by atoms with E-state index < -0.39 is 0 Å². The Bertz CT molecular complexity index is 338. The first-order chi connectivity index (χ1) is 8.65. The number of imide groups is 1. The van der Waals surface area contributed by atoms with Gasteiger partial charge in [-0.2, -0.15) is 0 Å². The van der Waals surface area contributed by atoms with Crippen molar-refractivity contribution in [3.63, 3.8) is 0 Å². The van der Waals surface area contributed by atoms with Crippen molar-refractivity contribution >= 4 is 11.8 Å². The minimum absolute atomic E-state index is 0.00556. The molecule has 2 amide bonds. The molecule has 1 heterocycles. The van der Waals surface area contributed by atoms with Crippen molar-refractivity contribution in [3.05, 3.63) is 12.2 Å². The standard InChI is InChI=1S/C14H21NO3/c1-10(9-16)5-4-8-15-13(17)11-6-2-3-7-12(11)14(15)18/h2-3,10-12,16H,4-9H2,1H3/t10?,11-,12+. The van der Waals surface area contributed by atoms with Crippen molar-refractivity contribution < 1.29 is 14.7 Å². The van der Waals surface area contributed by atoms with Gasteiger partial charge in [-0.05, 0) is 31.6 Å². The number of aliphatic hydroxyl groups excluding tert-OH is 1. The first-order valence-corrected chi connectivity index (χ1v) is 6.76. The number of nitrogens with zero attached hydrogens (tertiary/aromatic N) is 1. The van der Waals surface area contributed by atoms with Crippen LogP contribution in [-0.4, -0.2) is 35.0 Å². The van der Waals surface area contributed by atoms with Crippen LogP contribution in [0.3, 0.4) is 0 Å². The van der Waals surface area contributed by atoms with E-state index >= 15 is 0 Å². The van der Waals surface area contributed by atoms with Crippen LogP contribution in [0.15, 0.2) is 12.2 Å². The summed E-state index contributed by atoms with van der Waals surface area (Å²) >= 11 is 0. The molecular weight excluding hydrogens is 230 g/mol. The van der Waals surface area contributed by atoms with Crippen LogP contribution < -0.4 is 0 Å². The molecule has 0 bridgehead atoms. The lowest BCUT2D eigenvalue weighted by molar-refractivity contribution is -0.140. The number of carbonyl (C=O) groups excluding carboxylic acids is 2. The first-order valence-electron chi connectivity index (χ1n) is 6.76. The number of amides is 2. The van der Waals surface area contributed by atoms with Crippen molar-refractivity contribution in [2.24, 2.45) is 17.8 Å². The molecule has 3 atom stereocenters. The molecule has 2 rings (SSSR count). The number of carbonyl (C=O) groups is 2. The molecule has 0 aromatic heterocycles. The van der Waals surface area contributed by atoms with E-state index in [0.717, 1.165) is 12.8 Å². The van der Waals surface area contributed by atoms with Gasteiger partial charge < -0.3 is 5.11 Å². The summed E-state index contributed by atoms with van der Waals surface area (Å²) in [4.78, 5) is 25.7. The number of fused-ring (bicyclic) bond motifs is 1. The summed E-state index contributed by atoms with van der Waals surface area (Å²) in [6, 6.07) is 0. The van der Waals surface area contributed by atoms with Crippen molar-refractivity contribution in [1.82, 2.24) is 4.90 Å². The van der Waals surface area contributed by atoms with Crippen LogP contribution in [0.4, 0.5) is 0 Å². The highest BCUT2D eigenvalue weighted by atomic mass is 16.3. The highest BCUT2D eigenvalue weighted by Gasteiger charge is 2.46. The molecule has 1 unspecified atom stereocenters. The Morgan fingerprint density at radius 2 is 1.83 bits per heavy atom.